The third-order valence-electron chi connectivity index (χ3n) is 3.60. The summed E-state index contributed by atoms with van der Waals surface area (Å²) in [6.07, 6.45) is 1.77. The first-order chi connectivity index (χ1) is 10.1. The van der Waals surface area contributed by atoms with Crippen LogP contribution in [0, 0.1) is 6.92 Å². The van der Waals surface area contributed by atoms with Gasteiger partial charge >= 0.3 is 0 Å². The van der Waals surface area contributed by atoms with E-state index < -0.39 is 0 Å². The molecule has 0 saturated carbocycles. The second-order valence-electron chi connectivity index (χ2n) is 4.89. The maximum atomic E-state index is 5.36. The fraction of sp³-hybridized carbons (Fsp3) is 0.250. The first-order valence-electron chi connectivity index (χ1n) is 6.66. The molecule has 5 nitrogen and oxygen atoms in total. The normalized spacial score (nSPS) is 10.9. The molecule has 2 aromatic heterocycles. The van der Waals surface area contributed by atoms with Crippen molar-refractivity contribution in [3.05, 3.63) is 36.0 Å². The van der Waals surface area contributed by atoms with Gasteiger partial charge in [0.25, 0.3) is 0 Å². The molecule has 0 bridgehead atoms. The summed E-state index contributed by atoms with van der Waals surface area (Å²) < 4.78 is 12.5. The number of hydrogen-bond donors (Lipinski definition) is 0. The van der Waals surface area contributed by atoms with Gasteiger partial charge in [-0.25, -0.2) is 4.98 Å². The summed E-state index contributed by atoms with van der Waals surface area (Å²) in [6.45, 7) is 2.07. The smallest absolute Gasteiger partial charge is 0.162 e. The monoisotopic (exact) mass is 283 g/mol. The minimum Gasteiger partial charge on any atom is -0.493 e. The van der Waals surface area contributed by atoms with E-state index in [0.717, 1.165) is 27.9 Å². The number of pyridine rings is 1. The SMILES string of the molecule is COc1cc2nc(-c3ccnn3C)cc(C)c2cc1OC. The fourth-order valence-corrected chi connectivity index (χ4v) is 2.48. The molecule has 5 heteroatoms. The summed E-state index contributed by atoms with van der Waals surface area (Å²) in [5.74, 6) is 1.39. The van der Waals surface area contributed by atoms with Crippen LogP contribution in [0.1, 0.15) is 5.56 Å². The standard InChI is InChI=1S/C16H17N3O2/c1-10-7-13(14-5-6-17-19(14)2)18-12-9-16(21-4)15(20-3)8-11(10)12/h5-9H,1-4H3. The molecule has 3 rings (SSSR count). The summed E-state index contributed by atoms with van der Waals surface area (Å²) in [6, 6.07) is 7.88. The van der Waals surface area contributed by atoms with Crippen LogP contribution in [0.4, 0.5) is 0 Å². The Balaban J connectivity index is 2.26. The largest absolute Gasteiger partial charge is 0.493 e. The van der Waals surface area contributed by atoms with E-state index in [1.165, 1.54) is 0 Å². The number of nitrogens with zero attached hydrogens (tertiary/aromatic N) is 3. The predicted molar refractivity (Wildman–Crippen MR) is 81.8 cm³/mol. The highest BCUT2D eigenvalue weighted by molar-refractivity contribution is 5.87. The highest BCUT2D eigenvalue weighted by atomic mass is 16.5. The van der Waals surface area contributed by atoms with Gasteiger partial charge in [0.05, 0.1) is 31.1 Å². The van der Waals surface area contributed by atoms with Crippen LogP contribution in [-0.2, 0) is 7.05 Å². The van der Waals surface area contributed by atoms with Gasteiger partial charge in [-0.15, -0.1) is 0 Å². The van der Waals surface area contributed by atoms with E-state index in [0.29, 0.717) is 11.5 Å². The first kappa shape index (κ1) is 13.4. The van der Waals surface area contributed by atoms with Gasteiger partial charge in [0, 0.05) is 24.7 Å². The molecule has 1 aromatic carbocycles. The summed E-state index contributed by atoms with van der Waals surface area (Å²) in [7, 11) is 5.17. The summed E-state index contributed by atoms with van der Waals surface area (Å²) in [5, 5.41) is 5.25. The van der Waals surface area contributed by atoms with Crippen molar-refractivity contribution in [2.24, 2.45) is 7.05 Å². The Morgan fingerprint density at radius 2 is 1.76 bits per heavy atom. The molecule has 0 aliphatic carbocycles. The molecule has 3 aromatic rings. The third-order valence-corrected chi connectivity index (χ3v) is 3.60. The Morgan fingerprint density at radius 1 is 1.05 bits per heavy atom. The highest BCUT2D eigenvalue weighted by Gasteiger charge is 2.12. The molecule has 2 heterocycles. The average molecular weight is 283 g/mol. The van der Waals surface area contributed by atoms with E-state index in [9.17, 15) is 0 Å². The van der Waals surface area contributed by atoms with Crippen molar-refractivity contribution >= 4 is 10.9 Å². The van der Waals surface area contributed by atoms with Crippen molar-refractivity contribution in [1.82, 2.24) is 14.8 Å². The molecular weight excluding hydrogens is 266 g/mol. The number of methoxy groups -OCH3 is 2. The van der Waals surface area contributed by atoms with E-state index in [4.69, 9.17) is 14.5 Å². The Labute approximate surface area is 123 Å². The second-order valence-corrected chi connectivity index (χ2v) is 4.89. The highest BCUT2D eigenvalue weighted by Crippen LogP contribution is 2.34. The first-order valence-corrected chi connectivity index (χ1v) is 6.66. The van der Waals surface area contributed by atoms with E-state index in [-0.39, 0.29) is 0 Å². The average Bonchev–Trinajstić information content (AvgIpc) is 2.92. The zero-order chi connectivity index (χ0) is 15.0. The van der Waals surface area contributed by atoms with Crippen LogP contribution in [-0.4, -0.2) is 29.0 Å². The Morgan fingerprint density at radius 3 is 2.38 bits per heavy atom. The van der Waals surface area contributed by atoms with Gasteiger partial charge < -0.3 is 9.47 Å². The molecule has 0 N–H and O–H groups in total. The van der Waals surface area contributed by atoms with Crippen molar-refractivity contribution < 1.29 is 9.47 Å². The van der Waals surface area contributed by atoms with E-state index >= 15 is 0 Å². The molecule has 0 unspecified atom stereocenters. The lowest BCUT2D eigenvalue weighted by atomic mass is 10.1. The minimum absolute atomic E-state index is 0.680. The Hall–Kier alpha value is -2.56. The Kier molecular flexibility index (Phi) is 3.25. The number of aryl methyl sites for hydroxylation is 2. The molecule has 108 valence electrons. The number of benzene rings is 1. The minimum atomic E-state index is 0.680. The number of aromatic nitrogens is 3. The van der Waals surface area contributed by atoms with Crippen LogP contribution in [0.3, 0.4) is 0 Å². The van der Waals surface area contributed by atoms with Crippen molar-refractivity contribution in [3.8, 4) is 22.9 Å². The van der Waals surface area contributed by atoms with Gasteiger partial charge in [0.2, 0.25) is 0 Å². The lowest BCUT2D eigenvalue weighted by Crippen LogP contribution is -1.97. The summed E-state index contributed by atoms with van der Waals surface area (Å²) in [5.41, 5.74) is 3.89. The lowest BCUT2D eigenvalue weighted by Gasteiger charge is -2.11. The van der Waals surface area contributed by atoms with Crippen LogP contribution in [0.5, 0.6) is 11.5 Å². The molecule has 0 fully saturated rings. The zero-order valence-corrected chi connectivity index (χ0v) is 12.5. The second kappa shape index (κ2) is 5.09. The van der Waals surface area contributed by atoms with Crippen LogP contribution < -0.4 is 9.47 Å². The number of ether oxygens (including phenoxy) is 2. The van der Waals surface area contributed by atoms with Gasteiger partial charge in [0.15, 0.2) is 11.5 Å². The number of fused-ring (bicyclic) bond motifs is 1. The maximum Gasteiger partial charge on any atom is 0.162 e. The van der Waals surface area contributed by atoms with Gasteiger partial charge in [-0.1, -0.05) is 0 Å². The van der Waals surface area contributed by atoms with Gasteiger partial charge in [-0.05, 0) is 30.7 Å². The predicted octanol–water partition coefficient (Wildman–Crippen LogP) is 2.96. The van der Waals surface area contributed by atoms with Crippen molar-refractivity contribution in [1.29, 1.82) is 0 Å². The van der Waals surface area contributed by atoms with Crippen LogP contribution in [0.15, 0.2) is 30.5 Å². The molecule has 0 spiro atoms. The molecule has 0 amide bonds. The van der Waals surface area contributed by atoms with E-state index in [1.54, 1.807) is 20.4 Å². The molecule has 0 aliphatic heterocycles. The van der Waals surface area contributed by atoms with Gasteiger partial charge in [0.1, 0.15) is 0 Å². The topological polar surface area (TPSA) is 49.2 Å². The quantitative estimate of drug-likeness (QED) is 0.741. The van der Waals surface area contributed by atoms with Crippen molar-refractivity contribution in [2.45, 2.75) is 6.92 Å². The van der Waals surface area contributed by atoms with Crippen LogP contribution in [0.25, 0.3) is 22.3 Å². The molecule has 0 aliphatic rings. The molecule has 0 atom stereocenters. The summed E-state index contributed by atoms with van der Waals surface area (Å²) >= 11 is 0. The van der Waals surface area contributed by atoms with E-state index in [2.05, 4.69) is 18.1 Å². The van der Waals surface area contributed by atoms with Crippen LogP contribution >= 0.6 is 0 Å². The third kappa shape index (κ3) is 2.20. The van der Waals surface area contributed by atoms with E-state index in [1.807, 2.05) is 29.9 Å². The van der Waals surface area contributed by atoms with Gasteiger partial charge in [-0.2, -0.15) is 5.10 Å². The van der Waals surface area contributed by atoms with Gasteiger partial charge in [-0.3, -0.25) is 4.68 Å². The zero-order valence-electron chi connectivity index (χ0n) is 12.5. The molecular formula is C16H17N3O2. The molecule has 21 heavy (non-hydrogen) atoms. The summed E-state index contributed by atoms with van der Waals surface area (Å²) in [4.78, 5) is 4.73. The van der Waals surface area contributed by atoms with Crippen LogP contribution in [0.2, 0.25) is 0 Å². The number of hydrogen-bond acceptors (Lipinski definition) is 4. The number of rotatable bonds is 3. The maximum absolute atomic E-state index is 5.36. The molecule has 0 radical (unpaired) electrons. The molecule has 0 saturated heterocycles. The van der Waals surface area contributed by atoms with Crippen molar-refractivity contribution in [2.75, 3.05) is 14.2 Å². The fourth-order valence-electron chi connectivity index (χ4n) is 2.48. The van der Waals surface area contributed by atoms with Crippen molar-refractivity contribution in [3.63, 3.8) is 0 Å². The Bertz CT molecular complexity index is 809. The lowest BCUT2D eigenvalue weighted by molar-refractivity contribution is 0.356.